The van der Waals surface area contributed by atoms with Gasteiger partial charge in [0.05, 0.1) is 6.42 Å². The summed E-state index contributed by atoms with van der Waals surface area (Å²) in [6, 6.07) is 10.6. The van der Waals surface area contributed by atoms with E-state index in [0.717, 1.165) is 31.4 Å². The van der Waals surface area contributed by atoms with E-state index >= 15 is 0 Å². The van der Waals surface area contributed by atoms with E-state index in [9.17, 15) is 9.18 Å². The average molecular weight is 347 g/mol. The molecular weight excluding hydrogens is 325 g/mol. The third-order valence-electron chi connectivity index (χ3n) is 4.40. The van der Waals surface area contributed by atoms with Crippen molar-refractivity contribution < 1.29 is 13.9 Å². The Bertz CT molecular complexity index is 636. The third kappa shape index (κ3) is 4.65. The lowest BCUT2D eigenvalue weighted by Crippen LogP contribution is -2.45. The van der Waals surface area contributed by atoms with Gasteiger partial charge in [0.2, 0.25) is 5.91 Å². The van der Waals surface area contributed by atoms with Crippen molar-refractivity contribution in [2.45, 2.75) is 31.7 Å². The Morgan fingerprint density at radius 1 is 1.21 bits per heavy atom. The monoisotopic (exact) mass is 347 g/mol. The quantitative estimate of drug-likeness (QED) is 0.798. The summed E-state index contributed by atoms with van der Waals surface area (Å²) < 4.78 is 18.5. The minimum atomic E-state index is -0.273. The van der Waals surface area contributed by atoms with Crippen LogP contribution in [0.15, 0.2) is 41.8 Å². The lowest BCUT2D eigenvalue weighted by atomic mass is 10.0. The molecule has 1 aromatic heterocycles. The highest BCUT2D eigenvalue weighted by Gasteiger charge is 2.25. The molecule has 128 valence electrons. The SMILES string of the molecule is O=C(Cc1ccc(F)cc1)N(CCc1cccs1)C1CCOCC1. The molecule has 1 aliphatic rings. The summed E-state index contributed by atoms with van der Waals surface area (Å²) in [6.45, 7) is 2.15. The number of halogens is 1. The molecule has 2 heterocycles. The molecule has 0 bridgehead atoms. The Morgan fingerprint density at radius 3 is 2.62 bits per heavy atom. The zero-order chi connectivity index (χ0) is 16.8. The minimum absolute atomic E-state index is 0.116. The molecule has 5 heteroatoms. The van der Waals surface area contributed by atoms with Crippen LogP contribution < -0.4 is 0 Å². The summed E-state index contributed by atoms with van der Waals surface area (Å²) in [5, 5.41) is 2.06. The second-order valence-corrected chi connectivity index (χ2v) is 7.10. The number of nitrogens with zero attached hydrogens (tertiary/aromatic N) is 1. The van der Waals surface area contributed by atoms with Crippen molar-refractivity contribution >= 4 is 17.2 Å². The Balaban J connectivity index is 1.67. The highest BCUT2D eigenvalue weighted by atomic mass is 32.1. The van der Waals surface area contributed by atoms with Crippen LogP contribution in [0, 0.1) is 5.82 Å². The van der Waals surface area contributed by atoms with Crippen LogP contribution in [0.3, 0.4) is 0 Å². The first-order valence-electron chi connectivity index (χ1n) is 8.36. The first kappa shape index (κ1) is 17.1. The van der Waals surface area contributed by atoms with E-state index < -0.39 is 0 Å². The first-order valence-corrected chi connectivity index (χ1v) is 9.24. The van der Waals surface area contributed by atoms with Crippen LogP contribution in [0.2, 0.25) is 0 Å². The second-order valence-electron chi connectivity index (χ2n) is 6.06. The Labute approximate surface area is 146 Å². The zero-order valence-electron chi connectivity index (χ0n) is 13.6. The van der Waals surface area contributed by atoms with Gasteiger partial charge >= 0.3 is 0 Å². The maximum atomic E-state index is 13.0. The summed E-state index contributed by atoms with van der Waals surface area (Å²) in [7, 11) is 0. The largest absolute Gasteiger partial charge is 0.381 e. The molecule has 3 nitrogen and oxygen atoms in total. The van der Waals surface area contributed by atoms with E-state index in [2.05, 4.69) is 11.4 Å². The number of rotatable bonds is 6. The average Bonchev–Trinajstić information content (AvgIpc) is 3.12. The van der Waals surface area contributed by atoms with E-state index in [0.29, 0.717) is 19.6 Å². The minimum Gasteiger partial charge on any atom is -0.381 e. The standard InChI is InChI=1S/C19H22FNO2S/c20-16-5-3-15(4-6-16)14-19(22)21(17-8-11-23-12-9-17)10-7-18-2-1-13-24-18/h1-6,13,17H,7-12,14H2. The topological polar surface area (TPSA) is 29.5 Å². The van der Waals surface area contributed by atoms with Gasteiger partial charge in [-0.25, -0.2) is 4.39 Å². The van der Waals surface area contributed by atoms with Gasteiger partial charge in [0.15, 0.2) is 0 Å². The maximum absolute atomic E-state index is 13.0. The molecule has 0 spiro atoms. The van der Waals surface area contributed by atoms with E-state index in [4.69, 9.17) is 4.74 Å². The van der Waals surface area contributed by atoms with Gasteiger partial charge in [-0.15, -0.1) is 11.3 Å². The maximum Gasteiger partial charge on any atom is 0.227 e. The molecule has 1 aromatic carbocycles. The van der Waals surface area contributed by atoms with Crippen LogP contribution in [0.1, 0.15) is 23.3 Å². The molecule has 1 amide bonds. The summed E-state index contributed by atoms with van der Waals surface area (Å²) in [5.74, 6) is -0.157. The van der Waals surface area contributed by atoms with Gasteiger partial charge in [0.1, 0.15) is 5.82 Å². The fourth-order valence-corrected chi connectivity index (χ4v) is 3.77. The summed E-state index contributed by atoms with van der Waals surface area (Å²) in [6.07, 6.45) is 2.98. The van der Waals surface area contributed by atoms with Crippen molar-refractivity contribution in [1.82, 2.24) is 4.90 Å². The smallest absolute Gasteiger partial charge is 0.227 e. The molecular formula is C19H22FNO2S. The molecule has 3 rings (SSSR count). The fraction of sp³-hybridized carbons (Fsp3) is 0.421. The van der Waals surface area contributed by atoms with E-state index in [1.807, 2.05) is 11.0 Å². The fourth-order valence-electron chi connectivity index (χ4n) is 3.07. The van der Waals surface area contributed by atoms with Gasteiger partial charge in [0.25, 0.3) is 0 Å². The van der Waals surface area contributed by atoms with E-state index in [1.54, 1.807) is 23.5 Å². The van der Waals surface area contributed by atoms with Gasteiger partial charge in [0, 0.05) is 30.7 Å². The lowest BCUT2D eigenvalue weighted by Gasteiger charge is -2.34. The Kier molecular flexibility index (Phi) is 5.99. The summed E-state index contributed by atoms with van der Waals surface area (Å²) >= 11 is 1.72. The van der Waals surface area contributed by atoms with E-state index in [-0.39, 0.29) is 17.8 Å². The number of carbonyl (C=O) groups excluding carboxylic acids is 1. The van der Waals surface area contributed by atoms with Crippen molar-refractivity contribution in [1.29, 1.82) is 0 Å². The first-order chi connectivity index (χ1) is 11.7. The number of hydrogen-bond donors (Lipinski definition) is 0. The molecule has 1 saturated heterocycles. The van der Waals surface area contributed by atoms with Crippen LogP contribution in [-0.2, 0) is 22.4 Å². The van der Waals surface area contributed by atoms with Crippen molar-refractivity contribution in [3.05, 3.63) is 58.0 Å². The molecule has 1 aliphatic heterocycles. The normalized spacial score (nSPS) is 15.4. The number of hydrogen-bond acceptors (Lipinski definition) is 3. The number of ether oxygens (including phenoxy) is 1. The number of thiophene rings is 1. The zero-order valence-corrected chi connectivity index (χ0v) is 14.4. The van der Waals surface area contributed by atoms with Gasteiger partial charge in [-0.1, -0.05) is 18.2 Å². The van der Waals surface area contributed by atoms with Crippen molar-refractivity contribution in [2.24, 2.45) is 0 Å². The molecule has 0 unspecified atom stereocenters. The van der Waals surface area contributed by atoms with Crippen molar-refractivity contribution in [3.63, 3.8) is 0 Å². The molecule has 0 radical (unpaired) electrons. The van der Waals surface area contributed by atoms with Crippen molar-refractivity contribution in [3.8, 4) is 0 Å². The summed E-state index contributed by atoms with van der Waals surface area (Å²) in [4.78, 5) is 16.1. The van der Waals surface area contributed by atoms with Crippen molar-refractivity contribution in [2.75, 3.05) is 19.8 Å². The molecule has 0 aliphatic carbocycles. The number of carbonyl (C=O) groups is 1. The molecule has 0 saturated carbocycles. The van der Waals surface area contributed by atoms with Crippen LogP contribution in [0.25, 0.3) is 0 Å². The summed E-state index contributed by atoms with van der Waals surface area (Å²) in [5.41, 5.74) is 0.856. The lowest BCUT2D eigenvalue weighted by molar-refractivity contribution is -0.134. The highest BCUT2D eigenvalue weighted by Crippen LogP contribution is 2.18. The predicted molar refractivity (Wildman–Crippen MR) is 93.7 cm³/mol. The molecule has 1 fully saturated rings. The van der Waals surface area contributed by atoms with Gasteiger partial charge in [-0.05, 0) is 48.4 Å². The third-order valence-corrected chi connectivity index (χ3v) is 5.34. The molecule has 2 aromatic rings. The van der Waals surface area contributed by atoms with Crippen LogP contribution in [0.5, 0.6) is 0 Å². The highest BCUT2D eigenvalue weighted by molar-refractivity contribution is 7.09. The predicted octanol–water partition coefficient (Wildman–Crippen LogP) is 3.68. The van der Waals surface area contributed by atoms with E-state index in [1.165, 1.54) is 17.0 Å². The molecule has 24 heavy (non-hydrogen) atoms. The van der Waals surface area contributed by atoms with Crippen LogP contribution in [-0.4, -0.2) is 36.6 Å². The van der Waals surface area contributed by atoms with Gasteiger partial charge in [-0.2, -0.15) is 0 Å². The second kappa shape index (κ2) is 8.40. The number of benzene rings is 1. The Morgan fingerprint density at radius 2 is 1.96 bits per heavy atom. The number of amides is 1. The molecule has 0 N–H and O–H groups in total. The van der Waals surface area contributed by atoms with Gasteiger partial charge < -0.3 is 9.64 Å². The van der Waals surface area contributed by atoms with Crippen LogP contribution >= 0.6 is 11.3 Å². The van der Waals surface area contributed by atoms with Crippen LogP contribution in [0.4, 0.5) is 4.39 Å². The van der Waals surface area contributed by atoms with Gasteiger partial charge in [-0.3, -0.25) is 4.79 Å². The Hall–Kier alpha value is -1.72. The molecule has 0 atom stereocenters.